The molecule has 1 aromatic rings. The van der Waals surface area contributed by atoms with Crippen molar-refractivity contribution >= 4 is 18.0 Å². The number of ether oxygens (including phenoxy) is 1. The van der Waals surface area contributed by atoms with Gasteiger partial charge in [0.05, 0.1) is 18.8 Å². The predicted octanol–water partition coefficient (Wildman–Crippen LogP) is 3.55. The summed E-state index contributed by atoms with van der Waals surface area (Å²) in [6.45, 7) is 2.44. The van der Waals surface area contributed by atoms with Gasteiger partial charge in [-0.2, -0.15) is 0 Å². The van der Waals surface area contributed by atoms with Gasteiger partial charge in [-0.3, -0.25) is 14.7 Å². The van der Waals surface area contributed by atoms with Gasteiger partial charge in [-0.25, -0.2) is 9.18 Å². The van der Waals surface area contributed by atoms with Crippen LogP contribution in [0, 0.1) is 0 Å². The van der Waals surface area contributed by atoms with E-state index in [2.05, 4.69) is 4.98 Å². The van der Waals surface area contributed by atoms with Crippen molar-refractivity contribution in [3.63, 3.8) is 0 Å². The van der Waals surface area contributed by atoms with Crippen molar-refractivity contribution in [1.82, 2.24) is 9.88 Å². The number of methoxy groups -OCH3 is 1. The van der Waals surface area contributed by atoms with E-state index in [4.69, 9.17) is 4.74 Å². The number of hydrogen-bond acceptors (Lipinski definition) is 4. The summed E-state index contributed by atoms with van der Waals surface area (Å²) in [5.74, 6) is -0.457. The van der Waals surface area contributed by atoms with Crippen LogP contribution < -0.4 is 0 Å². The van der Waals surface area contributed by atoms with Gasteiger partial charge in [-0.15, -0.1) is 0 Å². The molecular weight excluding hydrogens is 311 g/mol. The van der Waals surface area contributed by atoms with Crippen molar-refractivity contribution in [1.29, 1.82) is 0 Å². The SMILES string of the molecule is CCCN(C(=O)OC)C1C=CC(F)=C(c2ccc(C=O)cn2)C=C1. The highest BCUT2D eigenvalue weighted by Gasteiger charge is 2.21. The van der Waals surface area contributed by atoms with Crippen LogP contribution >= 0.6 is 0 Å². The second-order valence-corrected chi connectivity index (χ2v) is 5.23. The highest BCUT2D eigenvalue weighted by Crippen LogP contribution is 2.25. The first-order valence-electron chi connectivity index (χ1n) is 7.63. The average molecular weight is 330 g/mol. The second-order valence-electron chi connectivity index (χ2n) is 5.23. The van der Waals surface area contributed by atoms with Crippen LogP contribution in [-0.4, -0.2) is 42.0 Å². The third-order valence-electron chi connectivity index (χ3n) is 3.59. The Bertz CT molecular complexity index is 693. The number of carbonyl (C=O) groups is 2. The van der Waals surface area contributed by atoms with Gasteiger partial charge in [-0.1, -0.05) is 25.2 Å². The molecule has 1 aliphatic carbocycles. The quantitative estimate of drug-likeness (QED) is 0.775. The lowest BCUT2D eigenvalue weighted by Crippen LogP contribution is -2.38. The lowest BCUT2D eigenvalue weighted by Gasteiger charge is -2.25. The molecule has 1 atom stereocenters. The van der Waals surface area contributed by atoms with Crippen molar-refractivity contribution in [2.45, 2.75) is 19.4 Å². The number of pyridine rings is 1. The van der Waals surface area contributed by atoms with Crippen LogP contribution in [0.4, 0.5) is 9.18 Å². The fourth-order valence-corrected chi connectivity index (χ4v) is 2.38. The number of aldehydes is 1. The fraction of sp³-hybridized carbons (Fsp3) is 0.278. The van der Waals surface area contributed by atoms with E-state index in [1.54, 1.807) is 30.4 Å². The van der Waals surface area contributed by atoms with E-state index in [0.717, 1.165) is 6.42 Å². The zero-order valence-electron chi connectivity index (χ0n) is 13.6. The van der Waals surface area contributed by atoms with Crippen molar-refractivity contribution in [3.05, 3.63) is 59.7 Å². The van der Waals surface area contributed by atoms with E-state index in [0.29, 0.717) is 29.7 Å². The molecule has 126 valence electrons. The smallest absolute Gasteiger partial charge is 0.410 e. The maximum absolute atomic E-state index is 14.4. The van der Waals surface area contributed by atoms with E-state index in [1.807, 2.05) is 6.92 Å². The zero-order chi connectivity index (χ0) is 17.5. The van der Waals surface area contributed by atoms with Gasteiger partial charge in [0.1, 0.15) is 5.83 Å². The molecule has 0 bridgehead atoms. The molecule has 0 saturated carbocycles. The number of nitrogens with zero attached hydrogens (tertiary/aromatic N) is 2. The van der Waals surface area contributed by atoms with Gasteiger partial charge in [0.25, 0.3) is 0 Å². The molecule has 1 unspecified atom stereocenters. The van der Waals surface area contributed by atoms with Crippen molar-refractivity contribution < 1.29 is 18.7 Å². The fourth-order valence-electron chi connectivity index (χ4n) is 2.38. The summed E-state index contributed by atoms with van der Waals surface area (Å²) in [5.41, 5.74) is 1.14. The number of aromatic nitrogens is 1. The van der Waals surface area contributed by atoms with Crippen molar-refractivity contribution in [2.24, 2.45) is 0 Å². The summed E-state index contributed by atoms with van der Waals surface area (Å²) in [6, 6.07) is 2.75. The third kappa shape index (κ3) is 3.95. The Morgan fingerprint density at radius 2 is 2.12 bits per heavy atom. The van der Waals surface area contributed by atoms with Gasteiger partial charge in [-0.05, 0) is 24.6 Å². The molecule has 0 radical (unpaired) electrons. The summed E-state index contributed by atoms with van der Waals surface area (Å²) in [7, 11) is 1.32. The summed E-state index contributed by atoms with van der Waals surface area (Å²) in [5, 5.41) is 0. The highest BCUT2D eigenvalue weighted by molar-refractivity contribution is 5.79. The standard InChI is InChI=1S/C18H19FN2O3/c1-3-10-21(18(23)24-2)14-5-7-15(16(19)8-6-14)17-9-4-13(12-22)11-20-17/h4-9,11-12,14H,3,10H2,1-2H3. The molecule has 0 N–H and O–H groups in total. The Morgan fingerprint density at radius 1 is 1.38 bits per heavy atom. The molecule has 6 heteroatoms. The van der Waals surface area contributed by atoms with Crippen LogP contribution in [0.15, 0.2) is 48.5 Å². The zero-order valence-corrected chi connectivity index (χ0v) is 13.6. The summed E-state index contributed by atoms with van der Waals surface area (Å²) < 4.78 is 19.2. The third-order valence-corrected chi connectivity index (χ3v) is 3.59. The Kier molecular flexibility index (Phi) is 6.01. The Hall–Kier alpha value is -2.76. The van der Waals surface area contributed by atoms with E-state index in [9.17, 15) is 14.0 Å². The van der Waals surface area contributed by atoms with Crippen molar-refractivity contribution in [3.8, 4) is 0 Å². The summed E-state index contributed by atoms with van der Waals surface area (Å²) in [4.78, 5) is 28.2. The molecule has 0 saturated heterocycles. The van der Waals surface area contributed by atoms with Crippen LogP contribution in [0.25, 0.3) is 5.57 Å². The molecule has 0 fully saturated rings. The Balaban J connectivity index is 2.29. The highest BCUT2D eigenvalue weighted by atomic mass is 19.1. The molecule has 24 heavy (non-hydrogen) atoms. The average Bonchev–Trinajstić information content (AvgIpc) is 2.81. The minimum Gasteiger partial charge on any atom is -0.453 e. The number of halogens is 1. The molecule has 1 heterocycles. The minimum absolute atomic E-state index is 0.299. The minimum atomic E-state index is -0.464. The van der Waals surface area contributed by atoms with E-state index >= 15 is 0 Å². The molecule has 1 amide bonds. The van der Waals surface area contributed by atoms with Crippen LogP contribution in [0.1, 0.15) is 29.4 Å². The Labute approximate surface area is 140 Å². The van der Waals surface area contributed by atoms with E-state index in [-0.39, 0.29) is 0 Å². The topological polar surface area (TPSA) is 59.5 Å². The molecule has 1 aromatic heterocycles. The lowest BCUT2D eigenvalue weighted by molar-refractivity contribution is 0.112. The van der Waals surface area contributed by atoms with Gasteiger partial charge < -0.3 is 4.74 Å². The molecule has 0 spiro atoms. The number of hydrogen-bond donors (Lipinski definition) is 0. The van der Waals surface area contributed by atoms with Gasteiger partial charge >= 0.3 is 6.09 Å². The number of allylic oxidation sites excluding steroid dienone is 4. The van der Waals surface area contributed by atoms with Gasteiger partial charge in [0, 0.05) is 23.9 Å². The molecule has 0 aliphatic heterocycles. The summed E-state index contributed by atoms with van der Waals surface area (Å²) in [6.07, 6.45) is 8.60. The lowest BCUT2D eigenvalue weighted by atomic mass is 10.1. The number of amides is 1. The molecule has 2 rings (SSSR count). The van der Waals surface area contributed by atoms with Crippen LogP contribution in [0.5, 0.6) is 0 Å². The molecule has 1 aliphatic rings. The first kappa shape index (κ1) is 17.6. The number of rotatable bonds is 5. The normalized spacial score (nSPS) is 16.7. The second kappa shape index (κ2) is 8.19. The molecule has 0 aromatic carbocycles. The van der Waals surface area contributed by atoms with Crippen LogP contribution in [0.3, 0.4) is 0 Å². The first-order chi connectivity index (χ1) is 11.6. The Morgan fingerprint density at radius 3 is 2.71 bits per heavy atom. The maximum Gasteiger partial charge on any atom is 0.410 e. The van der Waals surface area contributed by atoms with Crippen LogP contribution in [-0.2, 0) is 4.74 Å². The van der Waals surface area contributed by atoms with E-state index < -0.39 is 18.0 Å². The van der Waals surface area contributed by atoms with Gasteiger partial charge in [0.2, 0.25) is 0 Å². The molecule has 5 nitrogen and oxygen atoms in total. The molecular formula is C18H19FN2O3. The largest absolute Gasteiger partial charge is 0.453 e. The maximum atomic E-state index is 14.4. The monoisotopic (exact) mass is 330 g/mol. The van der Waals surface area contributed by atoms with Crippen molar-refractivity contribution in [2.75, 3.05) is 13.7 Å². The van der Waals surface area contributed by atoms with Crippen LogP contribution in [0.2, 0.25) is 0 Å². The van der Waals surface area contributed by atoms with E-state index in [1.165, 1.54) is 24.3 Å². The first-order valence-corrected chi connectivity index (χ1v) is 7.63. The van der Waals surface area contributed by atoms with Gasteiger partial charge in [0.15, 0.2) is 6.29 Å². The number of carbonyl (C=O) groups excluding carboxylic acids is 2. The predicted molar refractivity (Wildman–Crippen MR) is 89.1 cm³/mol. The summed E-state index contributed by atoms with van der Waals surface area (Å²) >= 11 is 0.